The fourth-order valence-corrected chi connectivity index (χ4v) is 3.09. The normalized spacial score (nSPS) is 21.6. The Hall–Kier alpha value is -1.14. The summed E-state index contributed by atoms with van der Waals surface area (Å²) in [4.78, 5) is 29.2. The van der Waals surface area contributed by atoms with E-state index >= 15 is 0 Å². The standard InChI is InChI=1S/C14H25N3O3/c1-15-6-8-16(9-7-15)13(18)10-17(11-14(19)20)12-4-2-3-5-12/h12H,2-11H2,1H3,(H,19,20). The number of carbonyl (C=O) groups is 2. The molecule has 6 nitrogen and oxygen atoms in total. The lowest BCUT2D eigenvalue weighted by Crippen LogP contribution is -2.51. The molecule has 6 heteroatoms. The third-order valence-electron chi connectivity index (χ3n) is 4.37. The van der Waals surface area contributed by atoms with Gasteiger partial charge < -0.3 is 14.9 Å². The van der Waals surface area contributed by atoms with Crippen molar-refractivity contribution in [1.82, 2.24) is 14.7 Å². The van der Waals surface area contributed by atoms with E-state index in [9.17, 15) is 9.59 Å². The van der Waals surface area contributed by atoms with Crippen LogP contribution in [0, 0.1) is 0 Å². The Kier molecular flexibility index (Phi) is 5.37. The van der Waals surface area contributed by atoms with Crippen LogP contribution in [0.5, 0.6) is 0 Å². The average molecular weight is 283 g/mol. The van der Waals surface area contributed by atoms with Gasteiger partial charge in [0.05, 0.1) is 13.1 Å². The maximum absolute atomic E-state index is 12.3. The molecule has 2 aliphatic rings. The first-order chi connectivity index (χ1) is 9.56. The molecule has 1 N–H and O–H groups in total. The monoisotopic (exact) mass is 283 g/mol. The number of carbonyl (C=O) groups excluding carboxylic acids is 1. The molecule has 0 spiro atoms. The van der Waals surface area contributed by atoms with Crippen LogP contribution in [0.25, 0.3) is 0 Å². The third kappa shape index (κ3) is 4.18. The van der Waals surface area contributed by atoms with Crippen LogP contribution in [-0.2, 0) is 9.59 Å². The second kappa shape index (κ2) is 7.04. The molecule has 1 saturated carbocycles. The number of likely N-dealkylation sites (N-methyl/N-ethyl adjacent to an activating group) is 1. The lowest BCUT2D eigenvalue weighted by Gasteiger charge is -2.35. The van der Waals surface area contributed by atoms with E-state index in [1.165, 1.54) is 0 Å². The molecule has 0 radical (unpaired) electrons. The van der Waals surface area contributed by atoms with Crippen molar-refractivity contribution in [2.24, 2.45) is 0 Å². The first-order valence-electron chi connectivity index (χ1n) is 7.48. The largest absolute Gasteiger partial charge is 0.480 e. The highest BCUT2D eigenvalue weighted by atomic mass is 16.4. The van der Waals surface area contributed by atoms with Crippen LogP contribution in [0.2, 0.25) is 0 Å². The number of hydrogen-bond acceptors (Lipinski definition) is 4. The molecule has 1 aliphatic carbocycles. The smallest absolute Gasteiger partial charge is 0.317 e. The number of nitrogens with zero attached hydrogens (tertiary/aromatic N) is 3. The first kappa shape index (κ1) is 15.3. The van der Waals surface area contributed by atoms with Crippen LogP contribution in [0.4, 0.5) is 0 Å². The van der Waals surface area contributed by atoms with Crippen LogP contribution >= 0.6 is 0 Å². The van der Waals surface area contributed by atoms with Gasteiger partial charge in [-0.15, -0.1) is 0 Å². The lowest BCUT2D eigenvalue weighted by atomic mass is 10.2. The van der Waals surface area contributed by atoms with E-state index in [0.717, 1.165) is 51.9 Å². The van der Waals surface area contributed by atoms with Crippen LogP contribution < -0.4 is 0 Å². The second-order valence-electron chi connectivity index (χ2n) is 5.92. The van der Waals surface area contributed by atoms with Gasteiger partial charge in [-0.05, 0) is 19.9 Å². The van der Waals surface area contributed by atoms with Crippen LogP contribution in [0.15, 0.2) is 0 Å². The Labute approximate surface area is 120 Å². The molecule has 1 heterocycles. The molecule has 0 aromatic rings. The average Bonchev–Trinajstić information content (AvgIpc) is 2.92. The van der Waals surface area contributed by atoms with Crippen LogP contribution in [-0.4, -0.2) is 84.0 Å². The number of carboxylic acid groups (broad SMARTS) is 1. The summed E-state index contributed by atoms with van der Waals surface area (Å²) in [5.74, 6) is -0.769. The van der Waals surface area contributed by atoms with Crippen LogP contribution in [0.3, 0.4) is 0 Å². The summed E-state index contributed by atoms with van der Waals surface area (Å²) in [7, 11) is 2.05. The van der Waals surface area contributed by atoms with E-state index in [0.29, 0.717) is 0 Å². The maximum Gasteiger partial charge on any atom is 0.317 e. The van der Waals surface area contributed by atoms with Crippen molar-refractivity contribution in [2.45, 2.75) is 31.7 Å². The van der Waals surface area contributed by atoms with E-state index in [2.05, 4.69) is 11.9 Å². The summed E-state index contributed by atoms with van der Waals surface area (Å²) in [5, 5.41) is 9.03. The van der Waals surface area contributed by atoms with Crippen molar-refractivity contribution < 1.29 is 14.7 Å². The molecule has 0 aromatic carbocycles. The molecule has 0 unspecified atom stereocenters. The predicted molar refractivity (Wildman–Crippen MR) is 75.5 cm³/mol. The first-order valence-corrected chi connectivity index (χ1v) is 7.48. The SMILES string of the molecule is CN1CCN(C(=O)CN(CC(=O)O)C2CCCC2)CC1. The Morgan fingerprint density at radius 3 is 2.25 bits per heavy atom. The quantitative estimate of drug-likeness (QED) is 0.775. The molecule has 114 valence electrons. The van der Waals surface area contributed by atoms with E-state index < -0.39 is 5.97 Å². The highest BCUT2D eigenvalue weighted by Crippen LogP contribution is 2.23. The Bertz CT molecular complexity index is 348. The molecule has 1 saturated heterocycles. The van der Waals surface area contributed by atoms with E-state index in [1.54, 1.807) is 0 Å². The molecular formula is C14H25N3O3. The number of aliphatic carboxylic acids is 1. The minimum atomic E-state index is -0.844. The van der Waals surface area contributed by atoms with Crippen molar-refractivity contribution >= 4 is 11.9 Å². The van der Waals surface area contributed by atoms with Gasteiger partial charge in [-0.1, -0.05) is 12.8 Å². The number of piperazine rings is 1. The van der Waals surface area contributed by atoms with E-state index in [4.69, 9.17) is 5.11 Å². The predicted octanol–water partition coefficient (Wildman–Crippen LogP) is 0.0896. The van der Waals surface area contributed by atoms with Gasteiger partial charge in [0.2, 0.25) is 5.91 Å². The fourth-order valence-electron chi connectivity index (χ4n) is 3.09. The van der Waals surface area contributed by atoms with Gasteiger partial charge in [0.15, 0.2) is 0 Å². The summed E-state index contributed by atoms with van der Waals surface area (Å²) in [6.07, 6.45) is 4.32. The maximum atomic E-state index is 12.3. The van der Waals surface area contributed by atoms with Gasteiger partial charge in [0, 0.05) is 32.2 Å². The van der Waals surface area contributed by atoms with Crippen molar-refractivity contribution in [3.05, 3.63) is 0 Å². The van der Waals surface area contributed by atoms with Gasteiger partial charge in [0.1, 0.15) is 0 Å². The van der Waals surface area contributed by atoms with Gasteiger partial charge in [-0.3, -0.25) is 14.5 Å². The number of hydrogen-bond donors (Lipinski definition) is 1. The molecule has 1 aliphatic heterocycles. The topological polar surface area (TPSA) is 64.1 Å². The van der Waals surface area contributed by atoms with Crippen LogP contribution in [0.1, 0.15) is 25.7 Å². The van der Waals surface area contributed by atoms with Gasteiger partial charge in [0.25, 0.3) is 0 Å². The summed E-state index contributed by atoms with van der Waals surface area (Å²) >= 11 is 0. The molecule has 2 fully saturated rings. The Balaban J connectivity index is 1.89. The fraction of sp³-hybridized carbons (Fsp3) is 0.857. The summed E-state index contributed by atoms with van der Waals surface area (Å²) < 4.78 is 0. The van der Waals surface area contributed by atoms with Gasteiger partial charge in [-0.25, -0.2) is 0 Å². The number of carboxylic acids is 1. The zero-order valence-electron chi connectivity index (χ0n) is 12.3. The highest BCUT2D eigenvalue weighted by molar-refractivity contribution is 5.79. The second-order valence-corrected chi connectivity index (χ2v) is 5.92. The summed E-state index contributed by atoms with van der Waals surface area (Å²) in [6.45, 7) is 3.52. The Morgan fingerprint density at radius 2 is 1.70 bits per heavy atom. The molecule has 20 heavy (non-hydrogen) atoms. The zero-order chi connectivity index (χ0) is 14.5. The number of rotatable bonds is 5. The van der Waals surface area contributed by atoms with Crippen molar-refractivity contribution in [3.8, 4) is 0 Å². The molecule has 1 amide bonds. The molecule has 0 atom stereocenters. The summed E-state index contributed by atoms with van der Waals surface area (Å²) in [5.41, 5.74) is 0. The molecular weight excluding hydrogens is 258 g/mol. The molecule has 0 bridgehead atoms. The van der Waals surface area contributed by atoms with Crippen molar-refractivity contribution in [3.63, 3.8) is 0 Å². The van der Waals surface area contributed by atoms with Gasteiger partial charge >= 0.3 is 5.97 Å². The Morgan fingerprint density at radius 1 is 1.10 bits per heavy atom. The highest BCUT2D eigenvalue weighted by Gasteiger charge is 2.28. The summed E-state index contributed by atoms with van der Waals surface area (Å²) in [6, 6.07) is 0.266. The molecule has 2 rings (SSSR count). The molecule has 0 aromatic heterocycles. The zero-order valence-corrected chi connectivity index (χ0v) is 12.3. The minimum absolute atomic E-state index is 0.0237. The van der Waals surface area contributed by atoms with Crippen molar-refractivity contribution in [1.29, 1.82) is 0 Å². The minimum Gasteiger partial charge on any atom is -0.480 e. The van der Waals surface area contributed by atoms with Crippen molar-refractivity contribution in [2.75, 3.05) is 46.3 Å². The number of amides is 1. The van der Waals surface area contributed by atoms with Gasteiger partial charge in [-0.2, -0.15) is 0 Å². The lowest BCUT2D eigenvalue weighted by molar-refractivity contribution is -0.141. The van der Waals surface area contributed by atoms with E-state index in [-0.39, 0.29) is 25.0 Å². The van der Waals surface area contributed by atoms with E-state index in [1.807, 2.05) is 9.80 Å². The third-order valence-corrected chi connectivity index (χ3v) is 4.37.